The van der Waals surface area contributed by atoms with E-state index in [4.69, 9.17) is 22.1 Å². The van der Waals surface area contributed by atoms with Crippen LogP contribution in [-0.2, 0) is 4.74 Å². The Bertz CT molecular complexity index is 408. The summed E-state index contributed by atoms with van der Waals surface area (Å²) in [6.45, 7) is 0.813. The molecule has 92 valence electrons. The molecule has 1 aromatic carbocycles. The Morgan fingerprint density at radius 2 is 2.24 bits per heavy atom. The average molecular weight is 270 g/mol. The van der Waals surface area contributed by atoms with Crippen molar-refractivity contribution >= 4 is 23.4 Å². The number of benzene rings is 1. The van der Waals surface area contributed by atoms with Crippen LogP contribution >= 0.6 is 23.4 Å². The van der Waals surface area contributed by atoms with E-state index in [0.717, 1.165) is 35.1 Å². The number of hydrogen-bond donors (Lipinski definition) is 1. The van der Waals surface area contributed by atoms with Crippen LogP contribution < -0.4 is 5.73 Å². The van der Waals surface area contributed by atoms with Crippen LogP contribution in [0.25, 0.3) is 0 Å². The Labute approximate surface area is 111 Å². The van der Waals surface area contributed by atoms with Gasteiger partial charge in [-0.2, -0.15) is 0 Å². The predicted molar refractivity (Wildman–Crippen MR) is 73.4 cm³/mol. The Kier molecular flexibility index (Phi) is 4.77. The summed E-state index contributed by atoms with van der Waals surface area (Å²) in [4.78, 5) is 1.09. The normalized spacial score (nSPS) is 17.2. The molecule has 17 heavy (non-hydrogen) atoms. The third-order valence-corrected chi connectivity index (χ3v) is 4.33. The number of hydrogen-bond acceptors (Lipinski definition) is 3. The largest absolute Gasteiger partial charge is 0.501 e. The van der Waals surface area contributed by atoms with E-state index in [1.807, 2.05) is 30.5 Å². The SMILES string of the molecule is NC(CSc1ccccc1Cl)C1=COCCC1. The van der Waals surface area contributed by atoms with Crippen molar-refractivity contribution < 1.29 is 4.74 Å². The Morgan fingerprint density at radius 3 is 2.94 bits per heavy atom. The maximum atomic E-state index is 6.13. The fraction of sp³-hybridized carbons (Fsp3) is 0.385. The Morgan fingerprint density at radius 1 is 1.41 bits per heavy atom. The molecule has 1 atom stereocenters. The second-order valence-electron chi connectivity index (χ2n) is 4.02. The zero-order valence-electron chi connectivity index (χ0n) is 9.56. The van der Waals surface area contributed by atoms with Gasteiger partial charge < -0.3 is 10.5 Å². The molecule has 0 aromatic heterocycles. The second kappa shape index (κ2) is 6.34. The maximum Gasteiger partial charge on any atom is 0.0876 e. The van der Waals surface area contributed by atoms with Crippen LogP contribution in [-0.4, -0.2) is 18.4 Å². The minimum Gasteiger partial charge on any atom is -0.501 e. The maximum absolute atomic E-state index is 6.13. The van der Waals surface area contributed by atoms with Gasteiger partial charge in [-0.05, 0) is 30.5 Å². The lowest BCUT2D eigenvalue weighted by atomic mass is 10.0. The molecule has 0 saturated heterocycles. The van der Waals surface area contributed by atoms with Crippen molar-refractivity contribution in [2.24, 2.45) is 5.73 Å². The van der Waals surface area contributed by atoms with Crippen LogP contribution in [0.5, 0.6) is 0 Å². The molecule has 0 bridgehead atoms. The van der Waals surface area contributed by atoms with Gasteiger partial charge in [-0.1, -0.05) is 23.7 Å². The van der Waals surface area contributed by atoms with E-state index in [-0.39, 0.29) is 6.04 Å². The third kappa shape index (κ3) is 3.66. The Hall–Kier alpha value is -0.640. The first-order valence-electron chi connectivity index (χ1n) is 5.71. The predicted octanol–water partition coefficient (Wildman–Crippen LogP) is 3.45. The van der Waals surface area contributed by atoms with Crippen LogP contribution in [0.3, 0.4) is 0 Å². The quantitative estimate of drug-likeness (QED) is 0.851. The molecule has 1 unspecified atom stereocenters. The molecule has 2 nitrogen and oxygen atoms in total. The minimum atomic E-state index is 0.0524. The molecule has 0 amide bonds. The summed E-state index contributed by atoms with van der Waals surface area (Å²) in [5, 5.41) is 0.790. The fourth-order valence-corrected chi connectivity index (χ4v) is 2.96. The summed E-state index contributed by atoms with van der Waals surface area (Å²) in [5.74, 6) is 0.832. The number of rotatable bonds is 4. The van der Waals surface area contributed by atoms with Crippen molar-refractivity contribution in [3.63, 3.8) is 0 Å². The summed E-state index contributed by atoms with van der Waals surface area (Å²) >= 11 is 7.79. The molecule has 1 aliphatic rings. The van der Waals surface area contributed by atoms with Crippen LogP contribution in [0.15, 0.2) is 41.0 Å². The van der Waals surface area contributed by atoms with Crippen molar-refractivity contribution in [3.05, 3.63) is 41.1 Å². The highest BCUT2D eigenvalue weighted by Gasteiger charge is 2.13. The molecular weight excluding hydrogens is 254 g/mol. The highest BCUT2D eigenvalue weighted by atomic mass is 35.5. The van der Waals surface area contributed by atoms with Gasteiger partial charge in [0, 0.05) is 16.7 Å². The van der Waals surface area contributed by atoms with Crippen molar-refractivity contribution in [1.82, 2.24) is 0 Å². The first-order chi connectivity index (χ1) is 8.27. The monoisotopic (exact) mass is 269 g/mol. The van der Waals surface area contributed by atoms with E-state index < -0.39 is 0 Å². The standard InChI is InChI=1S/C13H16ClNOS/c14-11-5-1-2-6-13(11)17-9-12(15)10-4-3-7-16-8-10/h1-2,5-6,8,12H,3-4,7,9,15H2. The van der Waals surface area contributed by atoms with E-state index in [0.29, 0.717) is 0 Å². The van der Waals surface area contributed by atoms with Gasteiger partial charge in [0.05, 0.1) is 17.9 Å². The molecule has 2 rings (SSSR count). The molecule has 4 heteroatoms. The van der Waals surface area contributed by atoms with Crippen molar-refractivity contribution in [1.29, 1.82) is 0 Å². The highest BCUT2D eigenvalue weighted by molar-refractivity contribution is 7.99. The van der Waals surface area contributed by atoms with Crippen LogP contribution in [0.4, 0.5) is 0 Å². The molecule has 1 aliphatic heterocycles. The van der Waals surface area contributed by atoms with Gasteiger partial charge >= 0.3 is 0 Å². The second-order valence-corrected chi connectivity index (χ2v) is 5.48. The molecular formula is C13H16ClNOS. The van der Waals surface area contributed by atoms with Gasteiger partial charge in [0.1, 0.15) is 0 Å². The summed E-state index contributed by atoms with van der Waals surface area (Å²) in [6, 6.07) is 7.90. The zero-order chi connectivity index (χ0) is 12.1. The van der Waals surface area contributed by atoms with Crippen molar-refractivity contribution in [2.45, 2.75) is 23.8 Å². The lowest BCUT2D eigenvalue weighted by Crippen LogP contribution is -2.27. The molecule has 2 N–H and O–H groups in total. The average Bonchev–Trinajstić information content (AvgIpc) is 2.38. The first kappa shape index (κ1) is 12.8. The van der Waals surface area contributed by atoms with Gasteiger partial charge in [0.25, 0.3) is 0 Å². The van der Waals surface area contributed by atoms with Gasteiger partial charge in [-0.25, -0.2) is 0 Å². The molecule has 0 radical (unpaired) electrons. The zero-order valence-corrected chi connectivity index (χ0v) is 11.1. The van der Waals surface area contributed by atoms with Gasteiger partial charge in [-0.3, -0.25) is 0 Å². The first-order valence-corrected chi connectivity index (χ1v) is 7.07. The summed E-state index contributed by atoms with van der Waals surface area (Å²) in [5.41, 5.74) is 7.34. The molecule has 0 fully saturated rings. The van der Waals surface area contributed by atoms with Crippen LogP contribution in [0.1, 0.15) is 12.8 Å². The smallest absolute Gasteiger partial charge is 0.0876 e. The van der Waals surface area contributed by atoms with Gasteiger partial charge in [0.15, 0.2) is 0 Å². The number of nitrogens with two attached hydrogens (primary N) is 1. The van der Waals surface area contributed by atoms with Crippen LogP contribution in [0, 0.1) is 0 Å². The van der Waals surface area contributed by atoms with E-state index in [9.17, 15) is 0 Å². The van der Waals surface area contributed by atoms with Gasteiger partial charge in [0.2, 0.25) is 0 Å². The van der Waals surface area contributed by atoms with E-state index in [1.54, 1.807) is 11.8 Å². The number of thioether (sulfide) groups is 1. The lowest BCUT2D eigenvalue weighted by molar-refractivity contribution is 0.222. The highest BCUT2D eigenvalue weighted by Crippen LogP contribution is 2.28. The molecule has 0 spiro atoms. The Balaban J connectivity index is 1.89. The fourth-order valence-electron chi connectivity index (χ4n) is 1.71. The summed E-state index contributed by atoms with van der Waals surface area (Å²) in [7, 11) is 0. The van der Waals surface area contributed by atoms with Crippen molar-refractivity contribution in [3.8, 4) is 0 Å². The molecule has 0 aliphatic carbocycles. The molecule has 1 aromatic rings. The summed E-state index contributed by atoms with van der Waals surface area (Å²) in [6.07, 6.45) is 3.93. The minimum absolute atomic E-state index is 0.0524. The van der Waals surface area contributed by atoms with Crippen LogP contribution in [0.2, 0.25) is 5.02 Å². The number of halogens is 1. The topological polar surface area (TPSA) is 35.2 Å². The van der Waals surface area contributed by atoms with E-state index in [2.05, 4.69) is 0 Å². The molecule has 0 saturated carbocycles. The van der Waals surface area contributed by atoms with E-state index in [1.165, 1.54) is 5.57 Å². The lowest BCUT2D eigenvalue weighted by Gasteiger charge is -2.19. The number of ether oxygens (including phenoxy) is 1. The molecule has 1 heterocycles. The third-order valence-electron chi connectivity index (χ3n) is 2.69. The van der Waals surface area contributed by atoms with Crippen molar-refractivity contribution in [2.75, 3.05) is 12.4 Å². The van der Waals surface area contributed by atoms with Gasteiger partial charge in [-0.15, -0.1) is 11.8 Å². The van der Waals surface area contributed by atoms with E-state index >= 15 is 0 Å². The summed E-state index contributed by atoms with van der Waals surface area (Å²) < 4.78 is 5.30.